The number of amides is 1. The minimum atomic E-state index is -0.217. The number of anilines is 1. The zero-order valence-corrected chi connectivity index (χ0v) is 18.3. The number of nitrogens with zero attached hydrogens (tertiary/aromatic N) is 5. The lowest BCUT2D eigenvalue weighted by atomic mass is 10.1. The van der Waals surface area contributed by atoms with Crippen molar-refractivity contribution in [3.05, 3.63) is 54.0 Å². The average molecular weight is 444 g/mol. The fraction of sp³-hybridized carbons (Fsp3) is 0.333. The van der Waals surface area contributed by atoms with E-state index in [1.807, 2.05) is 12.3 Å². The summed E-state index contributed by atoms with van der Waals surface area (Å²) >= 11 is 0. The molecule has 2 aliphatic rings. The first kappa shape index (κ1) is 19.9. The molecule has 1 N–H and O–H groups in total. The molecule has 2 fully saturated rings. The van der Waals surface area contributed by atoms with Gasteiger partial charge >= 0.3 is 0 Å². The lowest BCUT2D eigenvalue weighted by Crippen LogP contribution is -2.37. The maximum atomic E-state index is 12.6. The maximum Gasteiger partial charge on any atom is 0.287 e. The Bertz CT molecular complexity index is 1330. The molecule has 3 aromatic heterocycles. The van der Waals surface area contributed by atoms with Gasteiger partial charge in [-0.15, -0.1) is 0 Å². The van der Waals surface area contributed by atoms with Gasteiger partial charge in [0.25, 0.3) is 11.9 Å². The number of hydrogen-bond donors (Lipinski definition) is 1. The van der Waals surface area contributed by atoms with E-state index in [2.05, 4.69) is 45.4 Å². The number of hydrogen-bond acceptors (Lipinski definition) is 7. The number of aromatic nitrogens is 4. The molecule has 1 aliphatic heterocycles. The van der Waals surface area contributed by atoms with E-state index in [4.69, 9.17) is 14.1 Å². The van der Waals surface area contributed by atoms with Gasteiger partial charge in [0.2, 0.25) is 0 Å². The number of carbonyl (C=O) groups excluding carboxylic acids is 1. The Morgan fingerprint density at radius 3 is 2.76 bits per heavy atom. The van der Waals surface area contributed by atoms with Crippen molar-refractivity contribution in [1.29, 1.82) is 0 Å². The van der Waals surface area contributed by atoms with Crippen LogP contribution in [0.2, 0.25) is 0 Å². The Kier molecular flexibility index (Phi) is 4.83. The second kappa shape index (κ2) is 8.00. The molecule has 0 unspecified atom stereocenters. The quantitative estimate of drug-likeness (QED) is 0.505. The summed E-state index contributed by atoms with van der Waals surface area (Å²) in [7, 11) is 0. The van der Waals surface area contributed by atoms with E-state index in [0.717, 1.165) is 24.0 Å². The molecule has 0 radical (unpaired) electrons. The molecule has 1 saturated heterocycles. The van der Waals surface area contributed by atoms with E-state index in [9.17, 15) is 4.79 Å². The lowest BCUT2D eigenvalue weighted by molar-refractivity contribution is 0.0925. The fourth-order valence-electron chi connectivity index (χ4n) is 4.00. The molecule has 1 saturated carbocycles. The van der Waals surface area contributed by atoms with Crippen molar-refractivity contribution in [3.8, 4) is 17.1 Å². The molecule has 1 aliphatic carbocycles. The van der Waals surface area contributed by atoms with Crippen LogP contribution in [-0.2, 0) is 4.74 Å². The number of carbonyl (C=O) groups is 1. The van der Waals surface area contributed by atoms with Crippen molar-refractivity contribution in [2.24, 2.45) is 0 Å². The lowest BCUT2D eigenvalue weighted by Gasteiger charge is -2.27. The largest absolute Gasteiger partial charge is 0.445 e. The number of morpholine rings is 1. The molecular weight excluding hydrogens is 420 g/mol. The maximum absolute atomic E-state index is 12.6. The van der Waals surface area contributed by atoms with E-state index in [1.165, 1.54) is 5.56 Å². The SMILES string of the molecule is Cc1cccc(-c2cnn(-c3nc(N4CCOCC4)c4oc(C(=O)NC5CC5)cc4n3)c2)c1. The van der Waals surface area contributed by atoms with Crippen LogP contribution in [0.3, 0.4) is 0 Å². The van der Waals surface area contributed by atoms with Crippen molar-refractivity contribution < 1.29 is 13.9 Å². The van der Waals surface area contributed by atoms with Gasteiger partial charge in [0.15, 0.2) is 17.2 Å². The van der Waals surface area contributed by atoms with Crippen LogP contribution in [0.4, 0.5) is 5.82 Å². The molecule has 4 heterocycles. The molecule has 168 valence electrons. The van der Waals surface area contributed by atoms with Gasteiger partial charge in [-0.25, -0.2) is 9.67 Å². The Labute approximate surface area is 190 Å². The summed E-state index contributed by atoms with van der Waals surface area (Å²) in [5, 5.41) is 7.48. The van der Waals surface area contributed by atoms with Crippen LogP contribution >= 0.6 is 0 Å². The smallest absolute Gasteiger partial charge is 0.287 e. The van der Waals surface area contributed by atoms with Crippen molar-refractivity contribution in [2.75, 3.05) is 31.2 Å². The number of aryl methyl sites for hydroxylation is 1. The van der Waals surface area contributed by atoms with Crippen molar-refractivity contribution >= 4 is 22.8 Å². The third-order valence-corrected chi connectivity index (χ3v) is 5.93. The molecule has 1 aromatic carbocycles. The van der Waals surface area contributed by atoms with Crippen LogP contribution < -0.4 is 10.2 Å². The molecule has 9 heteroatoms. The number of nitrogens with one attached hydrogen (secondary N) is 1. The Balaban J connectivity index is 1.42. The van der Waals surface area contributed by atoms with Crippen LogP contribution in [0, 0.1) is 6.92 Å². The van der Waals surface area contributed by atoms with Gasteiger partial charge in [-0.3, -0.25) is 4.79 Å². The number of rotatable bonds is 5. The zero-order chi connectivity index (χ0) is 22.4. The summed E-state index contributed by atoms with van der Waals surface area (Å²) in [6, 6.07) is 10.2. The highest BCUT2D eigenvalue weighted by Gasteiger charge is 2.27. The monoisotopic (exact) mass is 444 g/mol. The van der Waals surface area contributed by atoms with E-state index < -0.39 is 0 Å². The molecule has 0 bridgehead atoms. The summed E-state index contributed by atoms with van der Waals surface area (Å²) in [5.74, 6) is 1.11. The third kappa shape index (κ3) is 3.95. The molecular formula is C24H24N6O3. The Morgan fingerprint density at radius 2 is 1.97 bits per heavy atom. The highest BCUT2D eigenvalue weighted by molar-refractivity contribution is 5.97. The second-order valence-electron chi connectivity index (χ2n) is 8.56. The molecule has 1 amide bonds. The van der Waals surface area contributed by atoms with Crippen molar-refractivity contribution in [2.45, 2.75) is 25.8 Å². The molecule has 9 nitrogen and oxygen atoms in total. The van der Waals surface area contributed by atoms with E-state index in [0.29, 0.717) is 49.2 Å². The third-order valence-electron chi connectivity index (χ3n) is 5.93. The summed E-state index contributed by atoms with van der Waals surface area (Å²) in [6.45, 7) is 4.65. The number of benzene rings is 1. The van der Waals surface area contributed by atoms with Crippen LogP contribution in [0.5, 0.6) is 0 Å². The highest BCUT2D eigenvalue weighted by Crippen LogP contribution is 2.30. The molecule has 33 heavy (non-hydrogen) atoms. The van der Waals surface area contributed by atoms with Crippen molar-refractivity contribution in [3.63, 3.8) is 0 Å². The molecule has 0 spiro atoms. The van der Waals surface area contributed by atoms with E-state index in [-0.39, 0.29) is 17.7 Å². The normalized spacial score (nSPS) is 16.3. The van der Waals surface area contributed by atoms with Gasteiger partial charge in [0.05, 0.1) is 19.4 Å². The van der Waals surface area contributed by atoms with Crippen LogP contribution in [-0.4, -0.2) is 58.0 Å². The minimum absolute atomic E-state index is 0.217. The van der Waals surface area contributed by atoms with Gasteiger partial charge in [0, 0.05) is 37.0 Å². The first-order valence-electron chi connectivity index (χ1n) is 11.2. The standard InChI is InChI=1S/C24H24N6O3/c1-15-3-2-4-16(11-15)17-13-25-30(14-17)24-27-19-12-20(23(31)26-18-5-6-18)33-21(19)22(28-24)29-7-9-32-10-8-29/h2-4,11-14,18H,5-10H2,1H3,(H,26,31). The van der Waals surface area contributed by atoms with Crippen molar-refractivity contribution in [1.82, 2.24) is 25.1 Å². The van der Waals surface area contributed by atoms with Crippen LogP contribution in [0.25, 0.3) is 28.2 Å². The van der Waals surface area contributed by atoms with E-state index >= 15 is 0 Å². The number of fused-ring (bicyclic) bond motifs is 1. The first-order chi connectivity index (χ1) is 16.1. The van der Waals surface area contributed by atoms with Gasteiger partial charge in [-0.2, -0.15) is 10.1 Å². The van der Waals surface area contributed by atoms with Gasteiger partial charge < -0.3 is 19.4 Å². The summed E-state index contributed by atoms with van der Waals surface area (Å²) in [5.41, 5.74) is 4.33. The van der Waals surface area contributed by atoms with Gasteiger partial charge in [0.1, 0.15) is 5.52 Å². The zero-order valence-electron chi connectivity index (χ0n) is 18.3. The van der Waals surface area contributed by atoms with E-state index in [1.54, 1.807) is 16.9 Å². The summed E-state index contributed by atoms with van der Waals surface area (Å²) in [4.78, 5) is 24.2. The molecule has 0 atom stereocenters. The summed E-state index contributed by atoms with van der Waals surface area (Å²) < 4.78 is 13.1. The first-order valence-corrected chi connectivity index (χ1v) is 11.2. The fourth-order valence-corrected chi connectivity index (χ4v) is 4.00. The summed E-state index contributed by atoms with van der Waals surface area (Å²) in [6.07, 6.45) is 5.75. The molecule has 6 rings (SSSR count). The van der Waals surface area contributed by atoms with Gasteiger partial charge in [-0.1, -0.05) is 29.8 Å². The number of furan rings is 1. The van der Waals surface area contributed by atoms with Crippen LogP contribution in [0.1, 0.15) is 29.0 Å². The highest BCUT2D eigenvalue weighted by atomic mass is 16.5. The minimum Gasteiger partial charge on any atom is -0.445 e. The predicted octanol–water partition coefficient (Wildman–Crippen LogP) is 3.11. The second-order valence-corrected chi connectivity index (χ2v) is 8.56. The topological polar surface area (TPSA) is 98.3 Å². The Hall–Kier alpha value is -3.72. The number of ether oxygens (including phenoxy) is 1. The predicted molar refractivity (Wildman–Crippen MR) is 123 cm³/mol. The van der Waals surface area contributed by atoms with Gasteiger partial charge in [-0.05, 0) is 25.3 Å². The molecule has 4 aromatic rings. The van der Waals surface area contributed by atoms with Crippen LogP contribution in [0.15, 0.2) is 47.1 Å². The average Bonchev–Trinajstić information content (AvgIpc) is 3.33. The Morgan fingerprint density at radius 1 is 1.12 bits per heavy atom.